The predicted octanol–water partition coefficient (Wildman–Crippen LogP) is 5.32. The third-order valence-electron chi connectivity index (χ3n) is 7.40. The van der Waals surface area contributed by atoms with E-state index in [1.165, 1.54) is 36.4 Å². The molecule has 14 heteroatoms. The van der Waals surface area contributed by atoms with Gasteiger partial charge in [0.2, 0.25) is 12.2 Å². The molecule has 0 radical (unpaired) electrons. The zero-order valence-electron chi connectivity index (χ0n) is 24.0. The van der Waals surface area contributed by atoms with Crippen LogP contribution in [0.2, 0.25) is 0 Å². The van der Waals surface area contributed by atoms with E-state index in [2.05, 4.69) is 0 Å². The Bertz CT molecular complexity index is 1600. The highest BCUT2D eigenvalue weighted by atomic mass is 35.6. The molecular weight excluding hydrogens is 665 g/mol. The Morgan fingerprint density at radius 1 is 0.717 bits per heavy atom. The summed E-state index contributed by atoms with van der Waals surface area (Å²) in [7, 11) is 0. The summed E-state index contributed by atoms with van der Waals surface area (Å²) in [6.07, 6.45) is -5.89. The molecule has 2 aliphatic rings. The highest BCUT2D eigenvalue weighted by Gasteiger charge is 2.78. The van der Waals surface area contributed by atoms with E-state index in [1.807, 2.05) is 0 Å². The third-order valence-corrected chi connectivity index (χ3v) is 7.91. The Balaban J connectivity index is 1.57. The number of hydrogen-bond acceptors (Lipinski definition) is 11. The molecule has 0 aromatic heterocycles. The SMILES string of the molecule is CC(=O)OCC12O[C@H](OC(=N)C(Cl)(Cl)Cl)[C@H](OC(=O)c3ccccc3)C1[C@@H](OC(=O)c1ccccc1)[C@@H]2OC(=O)c1ccccc1. The molecule has 0 bridgehead atoms. The number of nitrogens with one attached hydrogen (secondary N) is 1. The van der Waals surface area contributed by atoms with Gasteiger partial charge in [-0.3, -0.25) is 10.2 Å². The molecule has 46 heavy (non-hydrogen) atoms. The van der Waals surface area contributed by atoms with Crippen molar-refractivity contribution in [3.63, 3.8) is 0 Å². The van der Waals surface area contributed by atoms with Crippen LogP contribution in [0.3, 0.4) is 0 Å². The summed E-state index contributed by atoms with van der Waals surface area (Å²) in [6, 6.07) is 23.9. The second kappa shape index (κ2) is 13.7. The largest absolute Gasteiger partial charge is 0.463 e. The summed E-state index contributed by atoms with van der Waals surface area (Å²) in [5, 5.41) is 8.18. The summed E-state index contributed by atoms with van der Waals surface area (Å²) in [4.78, 5) is 52.0. The molecule has 1 saturated carbocycles. The van der Waals surface area contributed by atoms with Crippen LogP contribution in [-0.2, 0) is 33.2 Å². The molecule has 1 heterocycles. The molecule has 0 amide bonds. The average Bonchev–Trinajstić information content (AvgIpc) is 3.30. The van der Waals surface area contributed by atoms with Gasteiger partial charge in [0.15, 0.2) is 23.9 Å². The molecule has 1 saturated heterocycles. The number of alkyl halides is 3. The van der Waals surface area contributed by atoms with Gasteiger partial charge in [-0.25, -0.2) is 14.4 Å². The zero-order valence-corrected chi connectivity index (χ0v) is 26.2. The van der Waals surface area contributed by atoms with Crippen molar-refractivity contribution < 1.29 is 47.6 Å². The van der Waals surface area contributed by atoms with Gasteiger partial charge in [-0.15, -0.1) is 0 Å². The van der Waals surface area contributed by atoms with E-state index in [1.54, 1.807) is 54.6 Å². The van der Waals surface area contributed by atoms with Crippen molar-refractivity contribution in [2.45, 2.75) is 40.9 Å². The molecule has 1 N–H and O–H groups in total. The maximum atomic E-state index is 13.3. The van der Waals surface area contributed by atoms with Crippen LogP contribution in [0.4, 0.5) is 0 Å². The minimum Gasteiger partial charge on any atom is -0.463 e. The number of benzene rings is 3. The second-order valence-corrected chi connectivity index (χ2v) is 12.6. The van der Waals surface area contributed by atoms with Gasteiger partial charge in [0.1, 0.15) is 6.61 Å². The number of fused-ring (bicyclic) bond motifs is 1. The molecule has 1 aliphatic carbocycles. The summed E-state index contributed by atoms with van der Waals surface area (Å²) in [6.45, 7) is 0.593. The summed E-state index contributed by atoms with van der Waals surface area (Å²) in [5.74, 6) is -5.21. The van der Waals surface area contributed by atoms with Crippen molar-refractivity contribution in [3.05, 3.63) is 108 Å². The first-order valence-electron chi connectivity index (χ1n) is 13.8. The molecule has 3 aromatic rings. The van der Waals surface area contributed by atoms with Crippen molar-refractivity contribution in [1.82, 2.24) is 0 Å². The molecule has 11 nitrogen and oxygen atoms in total. The number of ether oxygens (including phenoxy) is 6. The highest BCUT2D eigenvalue weighted by Crippen LogP contribution is 2.56. The fourth-order valence-corrected chi connectivity index (χ4v) is 5.43. The molecule has 2 fully saturated rings. The van der Waals surface area contributed by atoms with E-state index in [4.69, 9.17) is 68.6 Å². The molecule has 6 atom stereocenters. The monoisotopic (exact) mass is 689 g/mol. The van der Waals surface area contributed by atoms with Crippen LogP contribution in [0.15, 0.2) is 91.0 Å². The van der Waals surface area contributed by atoms with Crippen molar-refractivity contribution in [2.75, 3.05) is 6.61 Å². The molecule has 2 unspecified atom stereocenters. The first-order valence-corrected chi connectivity index (χ1v) is 15.0. The zero-order chi connectivity index (χ0) is 33.1. The maximum Gasteiger partial charge on any atom is 0.338 e. The number of carbonyl (C=O) groups is 4. The van der Waals surface area contributed by atoms with Crippen molar-refractivity contribution >= 4 is 64.6 Å². The van der Waals surface area contributed by atoms with Crippen LogP contribution in [0, 0.1) is 11.3 Å². The smallest absolute Gasteiger partial charge is 0.338 e. The lowest BCUT2D eigenvalue weighted by Crippen LogP contribution is -2.74. The van der Waals surface area contributed by atoms with Gasteiger partial charge >= 0.3 is 23.9 Å². The standard InChI is InChI=1S/C32H26Cl3NO10/c1-18(37)41-17-31-22(24(29(46-31)45-30(36)32(33,34)35)43-27(39)20-13-7-3-8-14-20)23(42-26(38)19-11-5-2-6-12-19)25(31)44-28(40)21-15-9-4-10-16-21/h2-16,22-25,29,36H,17H2,1H3/t22?,23-,24-,25+,29+,31?/m1/s1. The van der Waals surface area contributed by atoms with E-state index >= 15 is 0 Å². The Morgan fingerprint density at radius 2 is 1.15 bits per heavy atom. The predicted molar refractivity (Wildman–Crippen MR) is 164 cm³/mol. The molecule has 0 spiro atoms. The van der Waals surface area contributed by atoms with Crippen LogP contribution in [0.25, 0.3) is 0 Å². The number of hydrogen-bond donors (Lipinski definition) is 1. The fraction of sp³-hybridized carbons (Fsp3) is 0.281. The third kappa shape index (κ3) is 6.97. The summed E-state index contributed by atoms with van der Waals surface area (Å²) >= 11 is 17.6. The number of carbonyl (C=O) groups excluding carboxylic acids is 4. The lowest BCUT2D eigenvalue weighted by atomic mass is 9.63. The van der Waals surface area contributed by atoms with E-state index < -0.39 is 76.3 Å². The maximum absolute atomic E-state index is 13.3. The van der Waals surface area contributed by atoms with Crippen LogP contribution in [0.5, 0.6) is 0 Å². The number of rotatable bonds is 9. The Morgan fingerprint density at radius 3 is 1.59 bits per heavy atom. The van der Waals surface area contributed by atoms with Crippen molar-refractivity contribution in [2.24, 2.45) is 5.92 Å². The highest BCUT2D eigenvalue weighted by molar-refractivity contribution is 6.76. The number of esters is 4. The van der Waals surface area contributed by atoms with Gasteiger partial charge in [0, 0.05) is 6.92 Å². The first kappa shape index (κ1) is 33.2. The second-order valence-electron chi connectivity index (χ2n) is 10.4. The van der Waals surface area contributed by atoms with Gasteiger partial charge in [0.25, 0.3) is 3.79 Å². The fourth-order valence-electron chi connectivity index (χ4n) is 5.30. The van der Waals surface area contributed by atoms with Gasteiger partial charge in [-0.2, -0.15) is 0 Å². The Labute approximate surface area is 278 Å². The minimum absolute atomic E-state index is 0.152. The Hall–Kier alpha value is -4.16. The van der Waals surface area contributed by atoms with E-state index in [-0.39, 0.29) is 16.7 Å². The van der Waals surface area contributed by atoms with Crippen LogP contribution in [-0.4, -0.2) is 70.4 Å². The van der Waals surface area contributed by atoms with Gasteiger partial charge in [-0.05, 0) is 36.4 Å². The van der Waals surface area contributed by atoms with E-state index in [0.717, 1.165) is 6.92 Å². The molecule has 240 valence electrons. The van der Waals surface area contributed by atoms with E-state index in [0.29, 0.717) is 0 Å². The van der Waals surface area contributed by atoms with Gasteiger partial charge < -0.3 is 28.4 Å². The van der Waals surface area contributed by atoms with Crippen molar-refractivity contribution in [1.29, 1.82) is 5.41 Å². The molecule has 1 aliphatic heterocycles. The topological polar surface area (TPSA) is 148 Å². The minimum atomic E-state index is -2.35. The average molecular weight is 691 g/mol. The van der Waals surface area contributed by atoms with Crippen LogP contribution in [0.1, 0.15) is 38.0 Å². The normalized spacial score (nSPS) is 24.8. The van der Waals surface area contributed by atoms with Crippen LogP contribution < -0.4 is 0 Å². The van der Waals surface area contributed by atoms with Crippen molar-refractivity contribution in [3.8, 4) is 0 Å². The van der Waals surface area contributed by atoms with Crippen LogP contribution >= 0.6 is 34.8 Å². The number of halogens is 3. The van der Waals surface area contributed by atoms with E-state index in [9.17, 15) is 19.2 Å². The summed E-state index contributed by atoms with van der Waals surface area (Å²) in [5.41, 5.74) is -1.31. The lowest BCUT2D eigenvalue weighted by Gasteiger charge is -2.53. The van der Waals surface area contributed by atoms with Gasteiger partial charge in [0.05, 0.1) is 22.6 Å². The van der Waals surface area contributed by atoms with Gasteiger partial charge in [-0.1, -0.05) is 89.4 Å². The molecule has 5 rings (SSSR count). The summed E-state index contributed by atoms with van der Waals surface area (Å²) < 4.78 is 32.4. The lowest BCUT2D eigenvalue weighted by molar-refractivity contribution is -0.277. The molecular formula is C32H26Cl3NO10. The quantitative estimate of drug-likeness (QED) is 0.103. The Kier molecular flexibility index (Phi) is 9.88. The molecule has 3 aromatic carbocycles. The first-order chi connectivity index (χ1) is 21.9.